The second-order valence-corrected chi connectivity index (χ2v) is 33.2. The zero-order valence-corrected chi connectivity index (χ0v) is 70.1. The van der Waals surface area contributed by atoms with Crippen molar-refractivity contribution in [1.82, 2.24) is 9.13 Å². The van der Waals surface area contributed by atoms with Crippen molar-refractivity contribution in [1.29, 1.82) is 0 Å². The zero-order chi connectivity index (χ0) is 76.4. The highest BCUT2D eigenvalue weighted by Crippen LogP contribution is 2.35. The Balaban J connectivity index is 1.09. The highest BCUT2D eigenvalue weighted by Gasteiger charge is 2.19. The first kappa shape index (κ1) is 91.2. The number of unbranched alkanes of at least 4 members (excludes halogenated alkanes) is 56. The summed E-state index contributed by atoms with van der Waals surface area (Å²) in [5.74, 6) is 14.0. The summed E-state index contributed by atoms with van der Waals surface area (Å²) in [5.41, 5.74) is 6.92. The molecule has 0 radical (unpaired) electrons. The minimum atomic E-state index is 0.185. The van der Waals surface area contributed by atoms with Crippen LogP contribution in [-0.2, 0) is 13.1 Å². The fourth-order valence-electron chi connectivity index (χ4n) is 16.8. The predicted octanol–water partition coefficient (Wildman–Crippen LogP) is 32.4. The molecular weight excluding hydrogens is 1320 g/mol. The molecule has 0 aliphatic heterocycles. The second-order valence-electron chi connectivity index (χ2n) is 33.2. The number of hydrogen-bond acceptors (Lipinski definition) is 4. The number of fused-ring (bicyclic) bond motifs is 6. The molecule has 6 heteroatoms. The topological polar surface area (TPSA) is 78.1 Å². The molecule has 0 saturated heterocycles. The van der Waals surface area contributed by atoms with E-state index in [9.17, 15) is 19.2 Å². The third-order valence-electron chi connectivity index (χ3n) is 23.8. The average molecular weight is 1470 g/mol. The Labute approximate surface area is 661 Å². The van der Waals surface area contributed by atoms with Crippen molar-refractivity contribution in [3.05, 3.63) is 95.1 Å². The Kier molecular flexibility index (Phi) is 50.6. The minimum Gasteiger partial charge on any atom is -0.329 e. The molecule has 0 bridgehead atoms. The van der Waals surface area contributed by atoms with Crippen LogP contribution in [0.5, 0.6) is 0 Å². The van der Waals surface area contributed by atoms with Crippen molar-refractivity contribution in [2.45, 2.75) is 452 Å². The van der Waals surface area contributed by atoms with Crippen LogP contribution in [0.1, 0.15) is 480 Å². The van der Waals surface area contributed by atoms with Gasteiger partial charge in [0, 0.05) is 69.5 Å². The lowest BCUT2D eigenvalue weighted by Crippen LogP contribution is -2.00. The number of carbonyl (C=O) groups is 4. The molecule has 108 heavy (non-hydrogen) atoms. The van der Waals surface area contributed by atoms with Crippen molar-refractivity contribution in [3.8, 4) is 23.7 Å². The van der Waals surface area contributed by atoms with Crippen LogP contribution in [0.2, 0.25) is 0 Å². The summed E-state index contributed by atoms with van der Waals surface area (Å²) >= 11 is 0. The molecule has 2 heterocycles. The Bertz CT molecular complexity index is 3090. The van der Waals surface area contributed by atoms with E-state index in [-0.39, 0.29) is 23.1 Å². The van der Waals surface area contributed by atoms with Crippen molar-refractivity contribution >= 4 is 66.7 Å². The molecule has 2 aromatic heterocycles. The molecule has 0 atom stereocenters. The van der Waals surface area contributed by atoms with Gasteiger partial charge in [-0.3, -0.25) is 19.2 Å². The quantitative estimate of drug-likeness (QED) is 0.0217. The number of aromatic nitrogens is 2. The molecule has 0 amide bonds. The monoisotopic (exact) mass is 1470 g/mol. The lowest BCUT2D eigenvalue weighted by molar-refractivity contribution is 0.0971. The second kappa shape index (κ2) is 60.0. The third kappa shape index (κ3) is 37.1. The van der Waals surface area contributed by atoms with Gasteiger partial charge < -0.3 is 9.13 Å². The average Bonchev–Trinajstić information content (AvgIpc) is 1.61. The summed E-state index contributed by atoms with van der Waals surface area (Å²) in [5, 5.41) is 3.94. The molecule has 0 aliphatic rings. The first-order valence-electron chi connectivity index (χ1n) is 46.5. The van der Waals surface area contributed by atoms with Gasteiger partial charge in [0.05, 0.1) is 35.2 Å². The van der Waals surface area contributed by atoms with E-state index >= 15 is 0 Å². The van der Waals surface area contributed by atoms with Gasteiger partial charge >= 0.3 is 0 Å². The molecule has 6 aromatic rings. The SMILES string of the molecule is CCCCCCCCCCCCCCCCCC(=O)c1ccc2c(c1)c1cc(C(=O)CCCCCCCCCCCCCCCCC)ccc1n2CC#CC#CCn1c2ccc(C(=O)CCCCCCCCCCCCCCCCC)cc2c2cc(C(=O)CCCCCCCCCCCCCCCCC)ccc21. The van der Waals surface area contributed by atoms with E-state index in [1.165, 1.54) is 334 Å². The van der Waals surface area contributed by atoms with Crippen molar-refractivity contribution in [3.63, 3.8) is 0 Å². The van der Waals surface area contributed by atoms with Gasteiger partial charge in [-0.15, -0.1) is 0 Å². The lowest BCUT2D eigenvalue weighted by Gasteiger charge is -2.05. The number of benzene rings is 4. The van der Waals surface area contributed by atoms with E-state index < -0.39 is 0 Å². The van der Waals surface area contributed by atoms with Crippen LogP contribution < -0.4 is 0 Å². The number of nitrogens with zero attached hydrogens (tertiary/aromatic N) is 2. The van der Waals surface area contributed by atoms with Gasteiger partial charge in [-0.25, -0.2) is 0 Å². The Morgan fingerprint density at radius 2 is 0.361 bits per heavy atom. The van der Waals surface area contributed by atoms with Crippen LogP contribution in [0.25, 0.3) is 43.6 Å². The molecule has 6 nitrogen and oxygen atoms in total. The van der Waals surface area contributed by atoms with Crippen LogP contribution in [0, 0.1) is 23.7 Å². The maximum absolute atomic E-state index is 14.0. The molecule has 0 N–H and O–H groups in total. The first-order valence-corrected chi connectivity index (χ1v) is 46.5. The van der Waals surface area contributed by atoms with Crippen LogP contribution in [0.3, 0.4) is 0 Å². The number of ketones is 4. The van der Waals surface area contributed by atoms with Gasteiger partial charge in [-0.1, -0.05) is 399 Å². The molecule has 0 saturated carbocycles. The number of hydrogen-bond donors (Lipinski definition) is 0. The van der Waals surface area contributed by atoms with Crippen LogP contribution in [-0.4, -0.2) is 32.3 Å². The molecule has 0 fully saturated rings. The Morgan fingerprint density at radius 1 is 0.213 bits per heavy atom. The molecular formula is C102H156N2O4. The van der Waals surface area contributed by atoms with Crippen molar-refractivity contribution in [2.24, 2.45) is 0 Å². The van der Waals surface area contributed by atoms with Gasteiger partial charge in [0.15, 0.2) is 23.1 Å². The molecule has 0 aliphatic carbocycles. The van der Waals surface area contributed by atoms with Gasteiger partial charge in [0.2, 0.25) is 0 Å². The fraction of sp³-hybridized carbons (Fsp3) is 0.686. The smallest absolute Gasteiger partial charge is 0.162 e. The predicted molar refractivity (Wildman–Crippen MR) is 470 cm³/mol. The highest BCUT2D eigenvalue weighted by molar-refractivity contribution is 6.14. The highest BCUT2D eigenvalue weighted by atomic mass is 16.1. The standard InChI is InChI=1S/C102H156N2O4/c1-5-9-13-17-21-25-29-33-37-41-45-49-53-57-63-69-99(105)87-73-77-95-91(83-87)92-84-88(100(106)70-64-58-54-50-46-42-38-34-30-26-22-18-14-10-6-2)74-78-96(92)103(95)81-67-61-62-68-82-104-97-79-75-89(101(107)71-65-59-55-51-47-43-39-35-31-27-23-19-15-11-7-3)85-93(97)94-86-90(76-80-98(94)104)102(108)72-66-60-56-52-48-44-40-36-32-28-24-20-16-12-8-4/h73-80,83-86H,5-60,63-66,69-72,81-82H2,1-4H3. The van der Waals surface area contributed by atoms with E-state index in [4.69, 9.17) is 0 Å². The summed E-state index contributed by atoms with van der Waals surface area (Å²) in [4.78, 5) is 55.8. The number of rotatable bonds is 70. The minimum absolute atomic E-state index is 0.185. The van der Waals surface area contributed by atoms with E-state index in [1.54, 1.807) is 0 Å². The van der Waals surface area contributed by atoms with E-state index in [0.29, 0.717) is 38.8 Å². The van der Waals surface area contributed by atoms with Gasteiger partial charge in [-0.05, 0) is 110 Å². The largest absolute Gasteiger partial charge is 0.329 e. The summed E-state index contributed by atoms with van der Waals surface area (Å²) in [6.45, 7) is 9.95. The van der Waals surface area contributed by atoms with Gasteiger partial charge in [0.25, 0.3) is 0 Å². The summed E-state index contributed by atoms with van der Waals surface area (Å²) in [6, 6.07) is 24.6. The van der Waals surface area contributed by atoms with E-state index in [2.05, 4.69) is 109 Å². The van der Waals surface area contributed by atoms with Crippen LogP contribution in [0.4, 0.5) is 0 Å². The van der Waals surface area contributed by atoms with E-state index in [1.807, 2.05) is 24.3 Å². The summed E-state index contributed by atoms with van der Waals surface area (Å²) in [7, 11) is 0. The van der Waals surface area contributed by atoms with E-state index in [0.717, 1.165) is 117 Å². The molecule has 4 aromatic carbocycles. The molecule has 6 rings (SSSR count). The van der Waals surface area contributed by atoms with Crippen molar-refractivity contribution < 1.29 is 19.2 Å². The normalized spacial score (nSPS) is 11.6. The summed E-state index contributed by atoms with van der Waals surface area (Å²) < 4.78 is 4.44. The first-order chi connectivity index (χ1) is 53.3. The zero-order valence-electron chi connectivity index (χ0n) is 70.1. The number of carbonyl (C=O) groups excluding carboxylic acids is 4. The maximum atomic E-state index is 14.0. The Morgan fingerprint density at radius 3 is 0.519 bits per heavy atom. The van der Waals surface area contributed by atoms with Gasteiger partial charge in [0.1, 0.15) is 0 Å². The lowest BCUT2D eigenvalue weighted by atomic mass is 9.99. The Hall–Kier alpha value is -5.72. The summed E-state index contributed by atoms with van der Waals surface area (Å²) in [6.07, 6.45) is 80.0. The van der Waals surface area contributed by atoms with Gasteiger partial charge in [-0.2, -0.15) is 0 Å². The van der Waals surface area contributed by atoms with Crippen molar-refractivity contribution in [2.75, 3.05) is 0 Å². The van der Waals surface area contributed by atoms with Crippen LogP contribution in [0.15, 0.2) is 72.8 Å². The number of Topliss-reactive ketones (excluding diaryl/α,β-unsaturated/α-hetero) is 4. The van der Waals surface area contributed by atoms with Crippen LogP contribution >= 0.6 is 0 Å². The fourth-order valence-corrected chi connectivity index (χ4v) is 16.8. The molecule has 0 unspecified atom stereocenters. The maximum Gasteiger partial charge on any atom is 0.162 e. The molecule has 0 spiro atoms. The third-order valence-corrected chi connectivity index (χ3v) is 23.8. The molecule has 598 valence electrons.